The molecule has 2 heterocycles. The van der Waals surface area contributed by atoms with Gasteiger partial charge >= 0.3 is 0 Å². The summed E-state index contributed by atoms with van der Waals surface area (Å²) in [5.74, 6) is 1.14. The molecule has 1 atom stereocenters. The van der Waals surface area contributed by atoms with Gasteiger partial charge in [0.2, 0.25) is 5.91 Å². The van der Waals surface area contributed by atoms with Crippen molar-refractivity contribution < 1.29 is 22.7 Å². The smallest absolute Gasteiger partial charge is 0.261 e. The monoisotopic (exact) mass is 428 g/mol. The molecule has 3 aromatic rings. The van der Waals surface area contributed by atoms with Gasteiger partial charge in [-0.3, -0.25) is 14.2 Å². The molecule has 0 saturated heterocycles. The van der Waals surface area contributed by atoms with Crippen LogP contribution in [0.3, 0.4) is 0 Å². The summed E-state index contributed by atoms with van der Waals surface area (Å²) in [7, 11) is -3.79. The zero-order chi connectivity index (χ0) is 21.1. The van der Waals surface area contributed by atoms with Crippen LogP contribution in [-0.4, -0.2) is 36.8 Å². The van der Waals surface area contributed by atoms with Gasteiger partial charge in [0, 0.05) is 18.8 Å². The Bertz CT molecular complexity index is 1160. The Kier molecular flexibility index (Phi) is 5.32. The molecule has 1 aromatic heterocycles. The fourth-order valence-corrected chi connectivity index (χ4v) is 4.04. The fraction of sp³-hybridized carbons (Fsp3) is 0.200. The first-order valence-corrected chi connectivity index (χ1v) is 10.7. The maximum absolute atomic E-state index is 12.6. The second-order valence-electron chi connectivity index (χ2n) is 6.76. The standard InChI is InChI=1S/C20H20N4O5S/c1-14(25)22-15-6-8-18(9-7-15)30(26,27)23-16-10-21-24(11-16)12-17-13-28-19-4-2-3-5-20(19)29-17/h2-11,17,23H,12-13H2,1H3,(H,22,25)/t17-/m0/s1. The SMILES string of the molecule is CC(=O)Nc1ccc(S(=O)(=O)Nc2cnn(C[C@H]3COc4ccccc4O3)c2)cc1. The van der Waals surface area contributed by atoms with Crippen LogP contribution in [0.25, 0.3) is 0 Å². The van der Waals surface area contributed by atoms with E-state index in [4.69, 9.17) is 9.47 Å². The first-order valence-electron chi connectivity index (χ1n) is 9.20. The number of benzene rings is 2. The van der Waals surface area contributed by atoms with Crippen LogP contribution in [0.1, 0.15) is 6.92 Å². The Morgan fingerprint density at radius 1 is 1.13 bits per heavy atom. The largest absolute Gasteiger partial charge is 0.486 e. The molecular weight excluding hydrogens is 408 g/mol. The van der Waals surface area contributed by atoms with Gasteiger partial charge in [0.1, 0.15) is 6.61 Å². The van der Waals surface area contributed by atoms with E-state index in [1.807, 2.05) is 24.3 Å². The molecular formula is C20H20N4O5S. The number of nitrogens with zero attached hydrogens (tertiary/aromatic N) is 2. The number of carbonyl (C=O) groups is 1. The summed E-state index contributed by atoms with van der Waals surface area (Å²) in [6.07, 6.45) is 2.78. The lowest BCUT2D eigenvalue weighted by Crippen LogP contribution is -2.33. The molecule has 1 aliphatic rings. The highest BCUT2D eigenvalue weighted by Crippen LogP contribution is 2.31. The number of sulfonamides is 1. The summed E-state index contributed by atoms with van der Waals surface area (Å²) >= 11 is 0. The number of hydrogen-bond acceptors (Lipinski definition) is 6. The van der Waals surface area contributed by atoms with Gasteiger partial charge in [-0.25, -0.2) is 8.42 Å². The summed E-state index contributed by atoms with van der Waals surface area (Å²) in [4.78, 5) is 11.1. The van der Waals surface area contributed by atoms with E-state index in [1.165, 1.54) is 37.4 Å². The van der Waals surface area contributed by atoms with E-state index in [-0.39, 0.29) is 16.9 Å². The van der Waals surface area contributed by atoms with Crippen molar-refractivity contribution in [2.24, 2.45) is 0 Å². The van der Waals surface area contributed by atoms with Crippen molar-refractivity contribution in [3.63, 3.8) is 0 Å². The lowest BCUT2D eigenvalue weighted by molar-refractivity contribution is -0.114. The second-order valence-corrected chi connectivity index (χ2v) is 8.44. The van der Waals surface area contributed by atoms with Gasteiger partial charge in [-0.05, 0) is 36.4 Å². The van der Waals surface area contributed by atoms with Gasteiger partial charge < -0.3 is 14.8 Å². The Morgan fingerprint density at radius 2 is 1.87 bits per heavy atom. The van der Waals surface area contributed by atoms with Crippen LogP contribution in [0, 0.1) is 0 Å². The van der Waals surface area contributed by atoms with Crippen molar-refractivity contribution in [3.8, 4) is 11.5 Å². The first-order chi connectivity index (χ1) is 14.4. The van der Waals surface area contributed by atoms with Crippen LogP contribution in [-0.2, 0) is 21.4 Å². The fourth-order valence-electron chi connectivity index (χ4n) is 3.01. The normalized spacial score (nSPS) is 15.4. The molecule has 9 nitrogen and oxygen atoms in total. The van der Waals surface area contributed by atoms with Crippen molar-refractivity contribution in [2.75, 3.05) is 16.6 Å². The van der Waals surface area contributed by atoms with Gasteiger partial charge in [0.25, 0.3) is 10.0 Å². The number of nitrogens with one attached hydrogen (secondary N) is 2. The number of para-hydroxylation sites is 2. The van der Waals surface area contributed by atoms with Gasteiger partial charge in [0.05, 0.1) is 23.3 Å². The number of carbonyl (C=O) groups excluding carboxylic acids is 1. The topological polar surface area (TPSA) is 112 Å². The number of hydrogen-bond donors (Lipinski definition) is 2. The average Bonchev–Trinajstić information content (AvgIpc) is 3.14. The molecule has 1 aliphatic heterocycles. The van der Waals surface area contributed by atoms with Gasteiger partial charge in [-0.15, -0.1) is 0 Å². The van der Waals surface area contributed by atoms with Crippen LogP contribution in [0.5, 0.6) is 11.5 Å². The summed E-state index contributed by atoms with van der Waals surface area (Å²) in [6.45, 7) is 2.16. The summed E-state index contributed by atoms with van der Waals surface area (Å²) in [5.41, 5.74) is 0.851. The van der Waals surface area contributed by atoms with Crippen molar-refractivity contribution in [1.29, 1.82) is 0 Å². The molecule has 0 bridgehead atoms. The van der Waals surface area contributed by atoms with Crippen molar-refractivity contribution in [1.82, 2.24) is 9.78 Å². The lowest BCUT2D eigenvalue weighted by Gasteiger charge is -2.26. The summed E-state index contributed by atoms with van der Waals surface area (Å²) in [5, 5.41) is 6.79. The van der Waals surface area contributed by atoms with E-state index in [0.717, 1.165) is 0 Å². The van der Waals surface area contributed by atoms with Crippen LogP contribution < -0.4 is 19.5 Å². The summed E-state index contributed by atoms with van der Waals surface area (Å²) < 4.78 is 40.9. The highest BCUT2D eigenvalue weighted by Gasteiger charge is 2.22. The van der Waals surface area contributed by atoms with Crippen molar-refractivity contribution >= 4 is 27.3 Å². The molecule has 4 rings (SSSR count). The van der Waals surface area contributed by atoms with Crippen molar-refractivity contribution in [3.05, 3.63) is 60.9 Å². The van der Waals surface area contributed by atoms with Crippen LogP contribution in [0.2, 0.25) is 0 Å². The molecule has 0 fully saturated rings. The Balaban J connectivity index is 1.40. The molecule has 1 amide bonds. The minimum atomic E-state index is -3.79. The van der Waals surface area contributed by atoms with Crippen molar-refractivity contribution in [2.45, 2.75) is 24.5 Å². The predicted octanol–water partition coefficient (Wildman–Crippen LogP) is 2.48. The third-order valence-corrected chi connectivity index (χ3v) is 5.73. The van der Waals surface area contributed by atoms with Gasteiger partial charge in [0.15, 0.2) is 17.6 Å². The maximum Gasteiger partial charge on any atom is 0.261 e. The molecule has 0 aliphatic carbocycles. The van der Waals surface area contributed by atoms with Crippen LogP contribution >= 0.6 is 0 Å². The van der Waals surface area contributed by atoms with E-state index in [2.05, 4.69) is 15.1 Å². The number of rotatable bonds is 6. The number of anilines is 2. The van der Waals surface area contributed by atoms with E-state index >= 15 is 0 Å². The number of aromatic nitrogens is 2. The molecule has 0 spiro atoms. The zero-order valence-corrected chi connectivity index (χ0v) is 16.9. The molecule has 0 radical (unpaired) electrons. The second kappa shape index (κ2) is 8.07. The van der Waals surface area contributed by atoms with E-state index < -0.39 is 10.0 Å². The predicted molar refractivity (Wildman–Crippen MR) is 110 cm³/mol. The Hall–Kier alpha value is -3.53. The zero-order valence-electron chi connectivity index (χ0n) is 16.1. The molecule has 10 heteroatoms. The van der Waals surface area contributed by atoms with Gasteiger partial charge in [-0.1, -0.05) is 12.1 Å². The third-order valence-electron chi connectivity index (χ3n) is 4.33. The first kappa shape index (κ1) is 19.8. The molecule has 0 saturated carbocycles. The van der Waals surface area contributed by atoms with E-state index in [0.29, 0.717) is 36.0 Å². The van der Waals surface area contributed by atoms with Gasteiger partial charge in [-0.2, -0.15) is 5.10 Å². The number of amides is 1. The van der Waals surface area contributed by atoms with Crippen LogP contribution in [0.15, 0.2) is 65.8 Å². The molecule has 0 unspecified atom stereocenters. The minimum absolute atomic E-state index is 0.0740. The number of ether oxygens (including phenoxy) is 2. The highest BCUT2D eigenvalue weighted by molar-refractivity contribution is 7.92. The van der Waals surface area contributed by atoms with E-state index in [9.17, 15) is 13.2 Å². The van der Waals surface area contributed by atoms with Crippen LogP contribution in [0.4, 0.5) is 11.4 Å². The highest BCUT2D eigenvalue weighted by atomic mass is 32.2. The quantitative estimate of drug-likeness (QED) is 0.624. The maximum atomic E-state index is 12.6. The molecule has 156 valence electrons. The molecule has 2 aromatic carbocycles. The third kappa shape index (κ3) is 4.54. The Labute approximate surface area is 173 Å². The summed E-state index contributed by atoms with van der Waals surface area (Å²) in [6, 6.07) is 13.3. The average molecular weight is 428 g/mol. The lowest BCUT2D eigenvalue weighted by atomic mass is 10.2. The number of fused-ring (bicyclic) bond motifs is 1. The molecule has 2 N–H and O–H groups in total. The Morgan fingerprint density at radius 3 is 2.60 bits per heavy atom. The molecule has 30 heavy (non-hydrogen) atoms. The van der Waals surface area contributed by atoms with E-state index in [1.54, 1.807) is 10.9 Å². The minimum Gasteiger partial charge on any atom is -0.486 e.